The molecule has 0 aromatic carbocycles. The highest BCUT2D eigenvalue weighted by Gasteiger charge is 2.63. The zero-order valence-corrected chi connectivity index (χ0v) is 32.8. The minimum Gasteiger partial charge on any atom is -0.449 e. The summed E-state index contributed by atoms with van der Waals surface area (Å²) < 4.78 is 4.98. The van der Waals surface area contributed by atoms with E-state index in [0.717, 1.165) is 51.4 Å². The Morgan fingerprint density at radius 2 is 1.87 bits per heavy atom. The third kappa shape index (κ3) is 7.56. The number of aliphatic hydroxyl groups excluding tert-OH is 2. The summed E-state index contributed by atoms with van der Waals surface area (Å²) in [4.78, 5) is 56.6. The van der Waals surface area contributed by atoms with Gasteiger partial charge in [-0.15, -0.1) is 24.1 Å². The number of aliphatic hydroxyl groups is 2. The molecule has 5 N–H and O–H groups in total. The molecule has 13 unspecified atom stereocenters. The summed E-state index contributed by atoms with van der Waals surface area (Å²) in [5, 5.41) is 33.0. The Kier molecular flexibility index (Phi) is 12.2. The lowest BCUT2D eigenvalue weighted by Gasteiger charge is -2.62. The number of β-lactam (4-membered cyclic amide) rings is 1. The molecular weight excluding hydrogens is 711 g/mol. The molecule has 2 heterocycles. The first-order valence-corrected chi connectivity index (χ1v) is 20.8. The number of thioether (sulfide) groups is 1. The lowest BCUT2D eigenvalue weighted by Crippen LogP contribution is -2.71. The van der Waals surface area contributed by atoms with Crippen LogP contribution in [0.3, 0.4) is 0 Å². The Morgan fingerprint density at radius 1 is 1.13 bits per heavy atom. The van der Waals surface area contributed by atoms with Gasteiger partial charge in [0.05, 0.1) is 18.8 Å². The number of nitrogens with one attached hydrogen (secondary N) is 3. The maximum absolute atomic E-state index is 13.5. The van der Waals surface area contributed by atoms with Gasteiger partial charge in [-0.05, 0) is 122 Å². The van der Waals surface area contributed by atoms with E-state index in [1.54, 1.807) is 6.92 Å². The fraction of sp³-hybridized carbons (Fsp3) is 0.795. The van der Waals surface area contributed by atoms with Crippen molar-refractivity contribution < 1.29 is 34.1 Å². The highest BCUT2D eigenvalue weighted by atomic mass is 32.2. The van der Waals surface area contributed by atoms with Gasteiger partial charge < -0.3 is 30.9 Å². The average molecular weight is 768 g/mol. The number of amides is 4. The van der Waals surface area contributed by atoms with Crippen LogP contribution >= 0.6 is 11.8 Å². The average Bonchev–Trinajstić information content (AvgIpc) is 3.49. The molecule has 1 saturated heterocycles. The topological polar surface area (TPSA) is 206 Å². The highest BCUT2D eigenvalue weighted by molar-refractivity contribution is 8.00. The number of terminal acetylenes is 1. The zero-order valence-electron chi connectivity index (χ0n) is 32.0. The molecule has 14 nitrogen and oxygen atoms in total. The van der Waals surface area contributed by atoms with Gasteiger partial charge in [-0.25, -0.2) is 4.79 Å². The van der Waals surface area contributed by atoms with Gasteiger partial charge >= 0.3 is 6.09 Å². The number of alkyl carbamates (subject to hydrolysis) is 1. The molecule has 6 aliphatic rings. The number of ether oxygens (including phenoxy) is 1. The minimum atomic E-state index is -1.10. The molecule has 4 amide bonds. The molecule has 4 aliphatic carbocycles. The molecule has 0 spiro atoms. The van der Waals surface area contributed by atoms with Gasteiger partial charge in [0.25, 0.3) is 11.8 Å². The number of hydrogen-bond acceptors (Lipinski definition) is 9. The van der Waals surface area contributed by atoms with Crippen molar-refractivity contribution in [2.75, 3.05) is 18.9 Å². The van der Waals surface area contributed by atoms with E-state index in [-0.39, 0.29) is 60.1 Å². The molecule has 6 rings (SSSR count). The monoisotopic (exact) mass is 767 g/mol. The first-order chi connectivity index (χ1) is 25.7. The molecule has 54 heavy (non-hydrogen) atoms. The normalized spacial score (nSPS) is 37.8. The molecule has 0 aromatic heterocycles. The van der Waals surface area contributed by atoms with Crippen LogP contribution in [0.25, 0.3) is 10.4 Å². The Bertz CT molecular complexity index is 1610. The van der Waals surface area contributed by atoms with Crippen LogP contribution in [0.1, 0.15) is 98.3 Å². The number of nitrogens with zero attached hydrogens (tertiary/aromatic N) is 4. The largest absolute Gasteiger partial charge is 0.449 e. The Hall–Kier alpha value is -3.44. The van der Waals surface area contributed by atoms with Gasteiger partial charge in [0.2, 0.25) is 5.91 Å². The van der Waals surface area contributed by atoms with Crippen LogP contribution in [0.2, 0.25) is 0 Å². The zero-order chi connectivity index (χ0) is 38.9. The number of hydrogen-bond donors (Lipinski definition) is 5. The molecule has 0 aromatic rings. The first kappa shape index (κ1) is 40.2. The van der Waals surface area contributed by atoms with E-state index in [0.29, 0.717) is 59.7 Å². The van der Waals surface area contributed by atoms with Gasteiger partial charge in [-0.1, -0.05) is 25.9 Å². The Labute approximate surface area is 322 Å². The molecule has 0 radical (unpaired) electrons. The Balaban J connectivity index is 1.02. The van der Waals surface area contributed by atoms with Crippen LogP contribution in [-0.4, -0.2) is 87.6 Å². The number of carbonyl (C=O) groups excluding carboxylic acids is 4. The second-order valence-electron chi connectivity index (χ2n) is 17.2. The van der Waals surface area contributed by atoms with Crippen molar-refractivity contribution in [2.24, 2.45) is 51.5 Å². The maximum Gasteiger partial charge on any atom is 0.408 e. The lowest BCUT2D eigenvalue weighted by molar-refractivity contribution is -0.174. The number of carbonyl (C=O) groups is 4. The molecule has 15 heteroatoms. The van der Waals surface area contributed by atoms with Crippen molar-refractivity contribution >= 4 is 35.6 Å². The standard InChI is InChI=1S/C39H57N7O7S/c1-6-7-16-53-37(52)43-29(19-41-45-40)42-34(50)33-22(3)20-54-36-32(35(51)46(33)36)44-30(49)11-8-21(2)25-9-10-26-31-27(13-15-39(25,26)5)38(4)14-12-24(47)17-23(38)18-28(31)48/h1,21,23-29,31-32,36,47-48H,7-20H2,2-5H3,(H,42,50)(H,43,52)(H,44,49). The third-order valence-electron chi connectivity index (χ3n) is 14.3. The third-order valence-corrected chi connectivity index (χ3v) is 15.8. The van der Waals surface area contributed by atoms with E-state index in [1.807, 2.05) is 0 Å². The van der Waals surface area contributed by atoms with E-state index in [2.05, 4.69) is 52.7 Å². The van der Waals surface area contributed by atoms with Crippen molar-refractivity contribution in [3.8, 4) is 12.3 Å². The smallest absolute Gasteiger partial charge is 0.408 e. The molecular formula is C39H57N7O7S. The van der Waals surface area contributed by atoms with Crippen LogP contribution in [-0.2, 0) is 19.1 Å². The summed E-state index contributed by atoms with van der Waals surface area (Å²) in [6, 6.07) is -0.764. The van der Waals surface area contributed by atoms with E-state index >= 15 is 0 Å². The van der Waals surface area contributed by atoms with Crippen molar-refractivity contribution in [3.63, 3.8) is 0 Å². The Morgan fingerprint density at radius 3 is 2.61 bits per heavy atom. The molecule has 0 bridgehead atoms. The van der Waals surface area contributed by atoms with Gasteiger partial charge in [0.15, 0.2) is 0 Å². The molecule has 296 valence electrons. The van der Waals surface area contributed by atoms with Crippen LogP contribution in [0.15, 0.2) is 16.4 Å². The lowest BCUT2D eigenvalue weighted by atomic mass is 9.43. The second-order valence-corrected chi connectivity index (χ2v) is 18.3. The fourth-order valence-electron chi connectivity index (χ4n) is 11.6. The quantitative estimate of drug-likeness (QED) is 0.0361. The summed E-state index contributed by atoms with van der Waals surface area (Å²) in [5.41, 5.74) is 9.90. The highest BCUT2D eigenvalue weighted by Crippen LogP contribution is 2.68. The van der Waals surface area contributed by atoms with Crippen molar-refractivity contribution in [1.82, 2.24) is 20.9 Å². The summed E-state index contributed by atoms with van der Waals surface area (Å²) in [6.45, 7) is 8.54. The molecule has 5 fully saturated rings. The van der Waals surface area contributed by atoms with Crippen LogP contribution in [0.4, 0.5) is 4.79 Å². The summed E-state index contributed by atoms with van der Waals surface area (Å²) >= 11 is 1.47. The van der Waals surface area contributed by atoms with Crippen LogP contribution in [0.5, 0.6) is 0 Å². The maximum atomic E-state index is 13.5. The minimum absolute atomic E-state index is 0.0261. The molecule has 2 aliphatic heterocycles. The fourth-order valence-corrected chi connectivity index (χ4v) is 12.9. The van der Waals surface area contributed by atoms with Gasteiger partial charge in [-0.3, -0.25) is 19.3 Å². The van der Waals surface area contributed by atoms with Gasteiger partial charge in [0.1, 0.15) is 29.9 Å². The van der Waals surface area contributed by atoms with Crippen LogP contribution < -0.4 is 16.0 Å². The van der Waals surface area contributed by atoms with E-state index in [9.17, 15) is 29.4 Å². The number of fused-ring (bicyclic) bond motifs is 6. The van der Waals surface area contributed by atoms with E-state index < -0.39 is 29.6 Å². The summed E-state index contributed by atoms with van der Waals surface area (Å²) in [7, 11) is 0. The summed E-state index contributed by atoms with van der Waals surface area (Å²) in [5.74, 6) is 3.98. The predicted octanol–water partition coefficient (Wildman–Crippen LogP) is 4.57. The van der Waals surface area contributed by atoms with Crippen molar-refractivity contribution in [2.45, 2.75) is 128 Å². The molecule has 4 saturated carbocycles. The van der Waals surface area contributed by atoms with E-state index in [1.165, 1.54) is 16.7 Å². The summed E-state index contributed by atoms with van der Waals surface area (Å²) in [6.07, 6.45) is 11.8. The SMILES string of the molecule is C#CCCOC(=O)NC(CN=[N+]=[N-])NC(=O)C1=C(C)CSC2C(NC(=O)CCC(C)C3CCC4C5C(O)CC6CC(O)CCC6(C)C5CCC34C)C(=O)N12. The molecule has 13 atom stereocenters. The van der Waals surface area contributed by atoms with Crippen molar-refractivity contribution in [1.29, 1.82) is 0 Å². The second kappa shape index (κ2) is 16.3. The van der Waals surface area contributed by atoms with Crippen molar-refractivity contribution in [3.05, 3.63) is 21.7 Å². The predicted molar refractivity (Wildman–Crippen MR) is 203 cm³/mol. The number of rotatable bonds is 12. The first-order valence-electron chi connectivity index (χ1n) is 19.7. The van der Waals surface area contributed by atoms with Gasteiger partial charge in [-0.2, -0.15) is 0 Å². The number of azide groups is 1. The van der Waals surface area contributed by atoms with Crippen LogP contribution in [0, 0.1) is 58.7 Å². The van der Waals surface area contributed by atoms with E-state index in [4.69, 9.17) is 16.7 Å². The van der Waals surface area contributed by atoms with Gasteiger partial charge in [0, 0.05) is 23.5 Å².